The maximum Gasteiger partial charge on any atom is 0.312 e. The predicted molar refractivity (Wildman–Crippen MR) is 145 cm³/mol. The Hall–Kier alpha value is -2.68. The van der Waals surface area contributed by atoms with Crippen LogP contribution in [0, 0.1) is 17.8 Å². The molecule has 1 aromatic rings. The molecular formula is C29H37ClN2O6. The number of likely N-dealkylation sites (tertiary alicyclic amines) is 1. The van der Waals surface area contributed by atoms with E-state index < -0.39 is 41.1 Å². The van der Waals surface area contributed by atoms with Crippen LogP contribution in [0.5, 0.6) is 0 Å². The van der Waals surface area contributed by atoms with Gasteiger partial charge in [-0.1, -0.05) is 37.6 Å². The van der Waals surface area contributed by atoms with E-state index in [4.69, 9.17) is 21.1 Å². The number of aliphatic hydroxyl groups excluding tert-OH is 1. The van der Waals surface area contributed by atoms with E-state index >= 15 is 0 Å². The minimum absolute atomic E-state index is 0.149. The Balaban J connectivity index is 1.82. The summed E-state index contributed by atoms with van der Waals surface area (Å²) in [5, 5.41) is 10.9. The van der Waals surface area contributed by atoms with Crippen molar-refractivity contribution in [2.75, 3.05) is 24.7 Å². The Bertz CT molecular complexity index is 1110. The van der Waals surface area contributed by atoms with Gasteiger partial charge in [0.1, 0.15) is 17.6 Å². The highest BCUT2D eigenvalue weighted by molar-refractivity contribution is 6.30. The molecule has 3 heterocycles. The molecule has 3 fully saturated rings. The summed E-state index contributed by atoms with van der Waals surface area (Å²) >= 11 is 6.09. The van der Waals surface area contributed by atoms with E-state index in [1.54, 1.807) is 41.3 Å². The molecule has 206 valence electrons. The number of hydrogen-bond acceptors (Lipinski definition) is 6. The lowest BCUT2D eigenvalue weighted by Crippen LogP contribution is -2.60. The molecule has 3 saturated heterocycles. The molecule has 2 amide bonds. The van der Waals surface area contributed by atoms with Crippen molar-refractivity contribution in [1.29, 1.82) is 0 Å². The van der Waals surface area contributed by atoms with Crippen LogP contribution in [0.1, 0.15) is 40.0 Å². The molecule has 3 aliphatic heterocycles. The molecule has 0 aromatic heterocycles. The van der Waals surface area contributed by atoms with Crippen LogP contribution in [0.25, 0.3) is 0 Å². The van der Waals surface area contributed by atoms with Gasteiger partial charge >= 0.3 is 5.97 Å². The van der Waals surface area contributed by atoms with E-state index in [-0.39, 0.29) is 37.5 Å². The van der Waals surface area contributed by atoms with Crippen LogP contribution >= 0.6 is 11.6 Å². The van der Waals surface area contributed by atoms with Crippen molar-refractivity contribution >= 4 is 35.1 Å². The molecule has 9 heteroatoms. The van der Waals surface area contributed by atoms with Crippen molar-refractivity contribution in [3.63, 3.8) is 0 Å². The molecule has 2 bridgehead atoms. The Morgan fingerprint density at radius 2 is 1.95 bits per heavy atom. The number of esters is 1. The van der Waals surface area contributed by atoms with E-state index in [0.29, 0.717) is 30.0 Å². The molecule has 0 radical (unpaired) electrons. The van der Waals surface area contributed by atoms with Gasteiger partial charge < -0.3 is 24.4 Å². The highest BCUT2D eigenvalue weighted by Gasteiger charge is 2.79. The minimum Gasteiger partial charge on any atom is -0.465 e. The Kier molecular flexibility index (Phi) is 8.07. The molecule has 38 heavy (non-hydrogen) atoms. The zero-order valence-electron chi connectivity index (χ0n) is 22.3. The largest absolute Gasteiger partial charge is 0.465 e. The summed E-state index contributed by atoms with van der Waals surface area (Å²) in [5.74, 6) is -3.12. The first-order valence-electron chi connectivity index (χ1n) is 13.1. The van der Waals surface area contributed by atoms with E-state index in [0.717, 1.165) is 0 Å². The van der Waals surface area contributed by atoms with Gasteiger partial charge in [-0.15, -0.1) is 13.2 Å². The summed E-state index contributed by atoms with van der Waals surface area (Å²) < 4.78 is 12.2. The first-order chi connectivity index (χ1) is 18.1. The van der Waals surface area contributed by atoms with Gasteiger partial charge in [0.05, 0.1) is 30.8 Å². The van der Waals surface area contributed by atoms with Crippen molar-refractivity contribution < 1.29 is 29.0 Å². The fourth-order valence-electron chi connectivity index (χ4n) is 6.53. The second-order valence-corrected chi connectivity index (χ2v) is 11.4. The average molecular weight is 545 g/mol. The van der Waals surface area contributed by atoms with E-state index in [2.05, 4.69) is 13.2 Å². The predicted octanol–water partition coefficient (Wildman–Crippen LogP) is 3.76. The summed E-state index contributed by atoms with van der Waals surface area (Å²) in [7, 11) is 0. The number of aliphatic hydroxyl groups is 1. The molecule has 3 aliphatic rings. The third kappa shape index (κ3) is 4.46. The number of amides is 2. The van der Waals surface area contributed by atoms with Crippen LogP contribution in [0.2, 0.25) is 5.02 Å². The number of fused-ring (bicyclic) bond motifs is 1. The lowest BCUT2D eigenvalue weighted by molar-refractivity contribution is -0.160. The third-order valence-electron chi connectivity index (χ3n) is 8.30. The molecular weight excluding hydrogens is 508 g/mol. The quantitative estimate of drug-likeness (QED) is 0.259. The smallest absolute Gasteiger partial charge is 0.312 e. The maximum absolute atomic E-state index is 14.5. The molecule has 0 aliphatic carbocycles. The molecule has 1 spiro atoms. The molecule has 8 nitrogen and oxygen atoms in total. The van der Waals surface area contributed by atoms with Gasteiger partial charge in [0.2, 0.25) is 5.91 Å². The zero-order chi connectivity index (χ0) is 27.8. The third-order valence-corrected chi connectivity index (χ3v) is 8.55. The second kappa shape index (κ2) is 10.8. The van der Waals surface area contributed by atoms with Crippen LogP contribution in [0.4, 0.5) is 5.69 Å². The van der Waals surface area contributed by atoms with Crippen molar-refractivity contribution in [3.8, 4) is 0 Å². The summed E-state index contributed by atoms with van der Waals surface area (Å²) in [6.45, 7) is 13.1. The van der Waals surface area contributed by atoms with Gasteiger partial charge in [0.15, 0.2) is 0 Å². The standard InChI is InChI=1S/C29H37ClN2O6/c1-6-8-16-37-27(36)23-22-25(34)32(21(17-33)18(3)4)24(29(22)14-13-28(23,5)38-29)26(35)31(15-7-2)20-11-9-19(30)10-12-20/h6-7,9-12,18,21-24,33H,1-2,8,13-17H2,3-5H3/t21-,22-,23-,24?,28+,29?/m0/s1. The number of halogens is 1. The molecule has 1 N–H and O–H groups in total. The number of ether oxygens (including phenoxy) is 2. The zero-order valence-corrected chi connectivity index (χ0v) is 23.0. The number of benzene rings is 1. The summed E-state index contributed by atoms with van der Waals surface area (Å²) in [5.41, 5.74) is -1.57. The molecule has 4 rings (SSSR count). The lowest BCUT2D eigenvalue weighted by Gasteiger charge is -2.40. The normalized spacial score (nSPS) is 30.3. The van der Waals surface area contributed by atoms with Crippen molar-refractivity contribution in [1.82, 2.24) is 4.90 Å². The van der Waals surface area contributed by atoms with E-state index in [1.807, 2.05) is 20.8 Å². The second-order valence-electron chi connectivity index (χ2n) is 10.9. The first kappa shape index (κ1) is 28.3. The van der Waals surface area contributed by atoms with Crippen LogP contribution in [-0.4, -0.2) is 70.8 Å². The van der Waals surface area contributed by atoms with Gasteiger partial charge in [-0.05, 0) is 56.4 Å². The number of anilines is 1. The molecule has 1 aromatic carbocycles. The van der Waals surface area contributed by atoms with Crippen LogP contribution < -0.4 is 4.90 Å². The van der Waals surface area contributed by atoms with E-state index in [9.17, 15) is 19.5 Å². The SMILES string of the molecule is C=CCCOC(=O)[C@@H]1[C@H]2C(=O)N([C@@H](CO)C(C)C)C(C(=O)N(CC=C)c3ccc(Cl)cc3)C23CC[C@@]1(C)O3. The fraction of sp³-hybridized carbons (Fsp3) is 0.552. The monoisotopic (exact) mass is 544 g/mol. The highest BCUT2D eigenvalue weighted by Crippen LogP contribution is 2.64. The van der Waals surface area contributed by atoms with Gasteiger partial charge in [-0.25, -0.2) is 0 Å². The van der Waals surface area contributed by atoms with Gasteiger partial charge in [0, 0.05) is 17.3 Å². The van der Waals surface area contributed by atoms with Crippen LogP contribution in [0.3, 0.4) is 0 Å². The summed E-state index contributed by atoms with van der Waals surface area (Å²) in [4.78, 5) is 45.1. The van der Waals surface area contributed by atoms with Crippen molar-refractivity contribution in [3.05, 3.63) is 54.6 Å². The first-order valence-corrected chi connectivity index (χ1v) is 13.5. The number of carbonyl (C=O) groups excluding carboxylic acids is 3. The van der Waals surface area contributed by atoms with Gasteiger partial charge in [0.25, 0.3) is 5.91 Å². The van der Waals surface area contributed by atoms with Crippen LogP contribution in [0.15, 0.2) is 49.6 Å². The van der Waals surface area contributed by atoms with Crippen LogP contribution in [-0.2, 0) is 23.9 Å². The molecule has 2 unspecified atom stereocenters. The minimum atomic E-state index is -1.22. The van der Waals surface area contributed by atoms with Crippen molar-refractivity contribution in [2.24, 2.45) is 17.8 Å². The maximum atomic E-state index is 14.5. The Morgan fingerprint density at radius 1 is 1.26 bits per heavy atom. The highest BCUT2D eigenvalue weighted by atomic mass is 35.5. The average Bonchev–Trinajstić information content (AvgIpc) is 3.44. The molecule has 0 saturated carbocycles. The Labute approximate surface area is 229 Å². The fourth-order valence-corrected chi connectivity index (χ4v) is 6.66. The Morgan fingerprint density at radius 3 is 2.53 bits per heavy atom. The summed E-state index contributed by atoms with van der Waals surface area (Å²) in [6.07, 6.45) is 4.70. The topological polar surface area (TPSA) is 96.4 Å². The van der Waals surface area contributed by atoms with Crippen molar-refractivity contribution in [2.45, 2.75) is 63.3 Å². The van der Waals surface area contributed by atoms with Gasteiger partial charge in [-0.3, -0.25) is 14.4 Å². The number of rotatable bonds is 11. The molecule has 6 atom stereocenters. The number of hydrogen-bond donors (Lipinski definition) is 1. The number of carbonyl (C=O) groups is 3. The van der Waals surface area contributed by atoms with E-state index in [1.165, 1.54) is 4.90 Å². The summed E-state index contributed by atoms with van der Waals surface area (Å²) in [6, 6.07) is 5.18. The lowest BCUT2D eigenvalue weighted by atomic mass is 9.66. The number of nitrogens with zero attached hydrogens (tertiary/aromatic N) is 2. The van der Waals surface area contributed by atoms with Gasteiger partial charge in [-0.2, -0.15) is 0 Å².